The molecule has 0 saturated heterocycles. The average Bonchev–Trinajstić information content (AvgIpc) is 3.54. The largest absolute Gasteiger partial charge is 0.459 e. The first-order valence-corrected chi connectivity index (χ1v) is 9.92. The molecular formula is C23H21N3O5. The number of rotatable bonds is 8. The molecule has 31 heavy (non-hydrogen) atoms. The molecule has 1 amide bonds. The van der Waals surface area contributed by atoms with Gasteiger partial charge in [-0.2, -0.15) is 0 Å². The summed E-state index contributed by atoms with van der Waals surface area (Å²) >= 11 is 0. The van der Waals surface area contributed by atoms with Crippen molar-refractivity contribution in [2.75, 3.05) is 6.54 Å². The Hall–Kier alpha value is -3.94. The topological polar surface area (TPSA) is 103 Å². The summed E-state index contributed by atoms with van der Waals surface area (Å²) in [7, 11) is 0. The number of amides is 1. The minimum Gasteiger partial charge on any atom is -0.459 e. The van der Waals surface area contributed by atoms with Gasteiger partial charge in [-0.25, -0.2) is 0 Å². The summed E-state index contributed by atoms with van der Waals surface area (Å²) in [5.41, 5.74) is 1.40. The number of carbonyl (C=O) groups excluding carboxylic acids is 2. The van der Waals surface area contributed by atoms with Crippen LogP contribution in [0.1, 0.15) is 47.1 Å². The maximum atomic E-state index is 13.0. The molecule has 3 heterocycles. The van der Waals surface area contributed by atoms with Gasteiger partial charge in [-0.3, -0.25) is 9.59 Å². The zero-order valence-corrected chi connectivity index (χ0v) is 17.2. The van der Waals surface area contributed by atoms with E-state index < -0.39 is 0 Å². The molecule has 4 rings (SSSR count). The first-order chi connectivity index (χ1) is 15.0. The third-order valence-corrected chi connectivity index (χ3v) is 4.70. The maximum Gasteiger partial charge on any atom is 0.290 e. The van der Waals surface area contributed by atoms with E-state index in [0.717, 1.165) is 12.0 Å². The van der Waals surface area contributed by atoms with Gasteiger partial charge >= 0.3 is 0 Å². The van der Waals surface area contributed by atoms with Crippen molar-refractivity contribution in [3.05, 3.63) is 72.0 Å². The van der Waals surface area contributed by atoms with Crippen LogP contribution in [-0.4, -0.2) is 33.3 Å². The van der Waals surface area contributed by atoms with Crippen molar-refractivity contribution in [2.24, 2.45) is 0 Å². The molecule has 0 aliphatic carbocycles. The molecule has 0 bridgehead atoms. The number of carbonyl (C=O) groups is 2. The predicted octanol–water partition coefficient (Wildman–Crippen LogP) is 4.84. The summed E-state index contributed by atoms with van der Waals surface area (Å²) in [4.78, 5) is 26.1. The molecular weight excluding hydrogens is 398 g/mol. The van der Waals surface area contributed by atoms with Gasteiger partial charge in [0.2, 0.25) is 5.89 Å². The number of Topliss-reactive ketones (excluding diaryl/α,β-unsaturated/α-hetero) is 1. The number of hydrogen-bond acceptors (Lipinski definition) is 7. The van der Waals surface area contributed by atoms with Crippen molar-refractivity contribution in [2.45, 2.75) is 26.8 Å². The monoisotopic (exact) mass is 419 g/mol. The van der Waals surface area contributed by atoms with Crippen molar-refractivity contribution in [1.82, 2.24) is 15.1 Å². The second-order valence-electron chi connectivity index (χ2n) is 7.00. The lowest BCUT2D eigenvalue weighted by atomic mass is 10.1. The molecule has 0 unspecified atom stereocenters. The molecule has 8 nitrogen and oxygen atoms in total. The van der Waals surface area contributed by atoms with Crippen molar-refractivity contribution < 1.29 is 22.8 Å². The lowest BCUT2D eigenvalue weighted by Gasteiger charge is -2.18. The Morgan fingerprint density at radius 3 is 2.45 bits per heavy atom. The smallest absolute Gasteiger partial charge is 0.290 e. The Bertz CT molecular complexity index is 1170. The van der Waals surface area contributed by atoms with Crippen LogP contribution in [0, 0.1) is 0 Å². The highest BCUT2D eigenvalue weighted by molar-refractivity contribution is 5.94. The van der Waals surface area contributed by atoms with Crippen LogP contribution in [0.25, 0.3) is 23.0 Å². The van der Waals surface area contributed by atoms with Gasteiger partial charge in [0.05, 0.1) is 12.8 Å². The molecule has 0 spiro atoms. The average molecular weight is 419 g/mol. The van der Waals surface area contributed by atoms with Gasteiger partial charge in [0.1, 0.15) is 5.76 Å². The Kier molecular flexibility index (Phi) is 5.79. The third-order valence-electron chi connectivity index (χ3n) is 4.70. The Morgan fingerprint density at radius 2 is 1.77 bits per heavy atom. The molecule has 1 aromatic carbocycles. The first kappa shape index (κ1) is 20.3. The van der Waals surface area contributed by atoms with E-state index in [1.165, 1.54) is 13.2 Å². The molecule has 0 aliphatic heterocycles. The minimum absolute atomic E-state index is 0.00620. The number of ketones is 1. The van der Waals surface area contributed by atoms with E-state index in [2.05, 4.69) is 10.2 Å². The fourth-order valence-electron chi connectivity index (χ4n) is 3.14. The van der Waals surface area contributed by atoms with Crippen LogP contribution in [0.2, 0.25) is 0 Å². The first-order valence-electron chi connectivity index (χ1n) is 9.92. The molecule has 8 heteroatoms. The van der Waals surface area contributed by atoms with Crippen LogP contribution >= 0.6 is 0 Å². The second kappa shape index (κ2) is 8.83. The number of nitrogens with zero attached hydrogens (tertiary/aromatic N) is 3. The highest BCUT2D eigenvalue weighted by atomic mass is 16.4. The Labute approximate surface area is 178 Å². The van der Waals surface area contributed by atoms with E-state index in [9.17, 15) is 9.59 Å². The number of aromatic nitrogens is 2. The summed E-state index contributed by atoms with van der Waals surface area (Å²) < 4.78 is 16.7. The molecule has 158 valence electrons. The molecule has 3 aromatic heterocycles. The summed E-state index contributed by atoms with van der Waals surface area (Å²) in [6.07, 6.45) is 2.28. The van der Waals surface area contributed by atoms with Gasteiger partial charge in [0, 0.05) is 17.7 Å². The van der Waals surface area contributed by atoms with Crippen molar-refractivity contribution in [3.63, 3.8) is 0 Å². The van der Waals surface area contributed by atoms with E-state index in [-0.39, 0.29) is 29.9 Å². The van der Waals surface area contributed by atoms with Gasteiger partial charge < -0.3 is 18.2 Å². The van der Waals surface area contributed by atoms with Gasteiger partial charge in [0.25, 0.3) is 11.8 Å². The second-order valence-corrected chi connectivity index (χ2v) is 7.00. The lowest BCUT2D eigenvalue weighted by molar-refractivity contribution is 0.0697. The van der Waals surface area contributed by atoms with Crippen LogP contribution in [0.15, 0.2) is 68.0 Å². The fraction of sp³-hybridized carbons (Fsp3) is 0.217. The SMILES string of the molecule is CCCN(Cc1nnc(-c2ccco2)o1)C(=O)c1ccc(-c2ccc(C(C)=O)cc2)o1. The molecule has 0 atom stereocenters. The molecule has 0 fully saturated rings. The van der Waals surface area contributed by atoms with E-state index in [1.807, 2.05) is 6.92 Å². The summed E-state index contributed by atoms with van der Waals surface area (Å²) in [6.45, 7) is 4.15. The van der Waals surface area contributed by atoms with Crippen molar-refractivity contribution in [1.29, 1.82) is 0 Å². The maximum absolute atomic E-state index is 13.0. The zero-order chi connectivity index (χ0) is 21.8. The predicted molar refractivity (Wildman–Crippen MR) is 111 cm³/mol. The number of benzene rings is 1. The lowest BCUT2D eigenvalue weighted by Crippen LogP contribution is -2.31. The van der Waals surface area contributed by atoms with Crippen LogP contribution < -0.4 is 0 Å². The van der Waals surface area contributed by atoms with E-state index in [0.29, 0.717) is 29.5 Å². The fourth-order valence-corrected chi connectivity index (χ4v) is 3.14. The Balaban J connectivity index is 1.50. The van der Waals surface area contributed by atoms with E-state index in [4.69, 9.17) is 13.3 Å². The van der Waals surface area contributed by atoms with Gasteiger partial charge in [-0.15, -0.1) is 10.2 Å². The van der Waals surface area contributed by atoms with Crippen molar-refractivity contribution >= 4 is 11.7 Å². The Morgan fingerprint density at radius 1 is 0.968 bits per heavy atom. The number of hydrogen-bond donors (Lipinski definition) is 0. The van der Waals surface area contributed by atoms with Crippen molar-refractivity contribution in [3.8, 4) is 23.0 Å². The van der Waals surface area contributed by atoms with E-state index in [1.54, 1.807) is 53.4 Å². The summed E-state index contributed by atoms with van der Waals surface area (Å²) in [5.74, 6) is 1.52. The van der Waals surface area contributed by atoms with Crippen LogP contribution in [-0.2, 0) is 6.54 Å². The molecule has 0 radical (unpaired) electrons. The molecule has 4 aromatic rings. The van der Waals surface area contributed by atoms with E-state index >= 15 is 0 Å². The molecule has 0 N–H and O–H groups in total. The highest BCUT2D eigenvalue weighted by Gasteiger charge is 2.22. The van der Waals surface area contributed by atoms with Crippen LogP contribution in [0.4, 0.5) is 0 Å². The normalized spacial score (nSPS) is 10.9. The molecule has 0 saturated carbocycles. The minimum atomic E-state index is -0.272. The van der Waals surface area contributed by atoms with Gasteiger partial charge in [-0.05, 0) is 37.6 Å². The van der Waals surface area contributed by atoms with Crippen LogP contribution in [0.3, 0.4) is 0 Å². The highest BCUT2D eigenvalue weighted by Crippen LogP contribution is 2.24. The van der Waals surface area contributed by atoms with Gasteiger partial charge in [-0.1, -0.05) is 31.2 Å². The summed E-state index contributed by atoms with van der Waals surface area (Å²) in [6, 6.07) is 13.9. The summed E-state index contributed by atoms with van der Waals surface area (Å²) in [5, 5.41) is 7.99. The third kappa shape index (κ3) is 4.48. The zero-order valence-electron chi connectivity index (χ0n) is 17.2. The van der Waals surface area contributed by atoms with Crippen LogP contribution in [0.5, 0.6) is 0 Å². The standard InChI is InChI=1S/C23H21N3O5/c1-3-12-26(14-21-24-25-22(31-21)19-5-4-13-29-19)23(28)20-11-10-18(30-20)17-8-6-16(7-9-17)15(2)27/h4-11,13H,3,12,14H2,1-2H3. The molecule has 0 aliphatic rings. The quantitative estimate of drug-likeness (QED) is 0.376. The number of furan rings is 2. The van der Waals surface area contributed by atoms with Gasteiger partial charge in [0.15, 0.2) is 17.3 Å².